The van der Waals surface area contributed by atoms with E-state index < -0.39 is 0 Å². The Morgan fingerprint density at radius 2 is 2.24 bits per heavy atom. The summed E-state index contributed by atoms with van der Waals surface area (Å²) >= 11 is 5.16. The Morgan fingerprint density at radius 3 is 2.88 bits per heavy atom. The Hall–Kier alpha value is -0.940. The zero-order valence-electron chi connectivity index (χ0n) is 9.77. The van der Waals surface area contributed by atoms with E-state index in [9.17, 15) is 0 Å². The van der Waals surface area contributed by atoms with Crippen molar-refractivity contribution in [3.8, 4) is 5.69 Å². The number of anilines is 1. The van der Waals surface area contributed by atoms with Gasteiger partial charge in [-0.15, -0.1) is 11.8 Å². The van der Waals surface area contributed by atoms with Crippen LogP contribution >= 0.6 is 27.7 Å². The van der Waals surface area contributed by atoms with Crippen molar-refractivity contribution in [2.45, 2.75) is 18.7 Å². The predicted octanol–water partition coefficient (Wildman–Crippen LogP) is 3.64. The van der Waals surface area contributed by atoms with Gasteiger partial charge in [0.2, 0.25) is 0 Å². The monoisotopic (exact) mass is 311 g/mol. The van der Waals surface area contributed by atoms with E-state index in [4.69, 9.17) is 5.73 Å². The molecule has 0 radical (unpaired) electrons. The normalized spacial score (nSPS) is 10.8. The topological polar surface area (TPSA) is 43.8 Å². The Balaban J connectivity index is 2.46. The van der Waals surface area contributed by atoms with Crippen LogP contribution in [0, 0.1) is 6.92 Å². The smallest absolute Gasteiger partial charge is 0.140 e. The average molecular weight is 312 g/mol. The zero-order chi connectivity index (χ0) is 12.4. The van der Waals surface area contributed by atoms with Gasteiger partial charge >= 0.3 is 0 Å². The largest absolute Gasteiger partial charge is 0.383 e. The standard InChI is InChI=1S/C12H14BrN3S/c1-3-17-11-7-15-16(12(11)14)10-5-4-9(13)6-8(10)2/h4-7H,3,14H2,1-2H3. The number of halogens is 1. The van der Waals surface area contributed by atoms with Crippen LogP contribution in [0.4, 0.5) is 5.82 Å². The first-order valence-electron chi connectivity index (χ1n) is 5.36. The molecule has 0 saturated heterocycles. The molecule has 17 heavy (non-hydrogen) atoms. The molecule has 3 nitrogen and oxygen atoms in total. The van der Waals surface area contributed by atoms with Crippen LogP contribution in [0.3, 0.4) is 0 Å². The van der Waals surface area contributed by atoms with Crippen molar-refractivity contribution in [2.75, 3.05) is 11.5 Å². The number of benzene rings is 1. The van der Waals surface area contributed by atoms with Gasteiger partial charge in [0, 0.05) is 4.47 Å². The Bertz CT molecular complexity index is 537. The molecule has 0 atom stereocenters. The molecule has 1 aromatic carbocycles. The van der Waals surface area contributed by atoms with Crippen molar-refractivity contribution in [3.05, 3.63) is 34.4 Å². The van der Waals surface area contributed by atoms with Crippen molar-refractivity contribution >= 4 is 33.5 Å². The van der Waals surface area contributed by atoms with E-state index in [1.54, 1.807) is 16.4 Å². The second-order valence-electron chi connectivity index (χ2n) is 3.67. The molecular weight excluding hydrogens is 298 g/mol. The van der Waals surface area contributed by atoms with Crippen LogP contribution in [0.2, 0.25) is 0 Å². The van der Waals surface area contributed by atoms with E-state index in [2.05, 4.69) is 34.0 Å². The second kappa shape index (κ2) is 5.14. The molecule has 0 unspecified atom stereocenters. The van der Waals surface area contributed by atoms with Gasteiger partial charge < -0.3 is 5.73 Å². The summed E-state index contributed by atoms with van der Waals surface area (Å²) in [4.78, 5) is 1.04. The maximum atomic E-state index is 6.10. The van der Waals surface area contributed by atoms with Crippen molar-refractivity contribution in [1.82, 2.24) is 9.78 Å². The Labute approximate surface area is 114 Å². The number of nitrogens with two attached hydrogens (primary N) is 1. The minimum absolute atomic E-state index is 0.710. The lowest BCUT2D eigenvalue weighted by atomic mass is 10.2. The number of aryl methyl sites for hydroxylation is 1. The maximum Gasteiger partial charge on any atom is 0.140 e. The second-order valence-corrected chi connectivity index (χ2v) is 5.89. The number of rotatable bonds is 3. The van der Waals surface area contributed by atoms with Crippen LogP contribution in [0.15, 0.2) is 33.8 Å². The summed E-state index contributed by atoms with van der Waals surface area (Å²) in [5, 5.41) is 4.35. The number of nitrogen functional groups attached to an aromatic ring is 1. The van der Waals surface area contributed by atoms with E-state index >= 15 is 0 Å². The molecule has 0 spiro atoms. The first kappa shape index (κ1) is 12.5. The minimum Gasteiger partial charge on any atom is -0.383 e. The molecule has 2 rings (SSSR count). The highest BCUT2D eigenvalue weighted by atomic mass is 79.9. The number of aromatic nitrogens is 2. The molecule has 1 heterocycles. The summed E-state index contributed by atoms with van der Waals surface area (Å²) in [6.45, 7) is 4.15. The highest BCUT2D eigenvalue weighted by Gasteiger charge is 2.10. The molecule has 0 fully saturated rings. The van der Waals surface area contributed by atoms with Crippen molar-refractivity contribution in [1.29, 1.82) is 0 Å². The molecule has 2 N–H and O–H groups in total. The minimum atomic E-state index is 0.710. The van der Waals surface area contributed by atoms with Gasteiger partial charge in [0.25, 0.3) is 0 Å². The zero-order valence-corrected chi connectivity index (χ0v) is 12.2. The van der Waals surface area contributed by atoms with Crippen molar-refractivity contribution in [3.63, 3.8) is 0 Å². The number of hydrogen-bond donors (Lipinski definition) is 1. The van der Waals surface area contributed by atoms with Gasteiger partial charge in [0.1, 0.15) is 5.82 Å². The molecular formula is C12H14BrN3S. The van der Waals surface area contributed by atoms with E-state index in [1.165, 1.54) is 0 Å². The fraction of sp³-hybridized carbons (Fsp3) is 0.250. The van der Waals surface area contributed by atoms with Crippen LogP contribution in [-0.2, 0) is 0 Å². The molecule has 0 bridgehead atoms. The highest BCUT2D eigenvalue weighted by molar-refractivity contribution is 9.10. The lowest BCUT2D eigenvalue weighted by molar-refractivity contribution is 0.882. The SMILES string of the molecule is CCSc1cnn(-c2ccc(Br)cc2C)c1N. The van der Waals surface area contributed by atoms with Gasteiger partial charge in [-0.25, -0.2) is 4.68 Å². The molecule has 2 aromatic rings. The summed E-state index contributed by atoms with van der Waals surface area (Å²) in [5.74, 6) is 1.71. The third kappa shape index (κ3) is 2.50. The Kier molecular flexibility index (Phi) is 3.79. The van der Waals surface area contributed by atoms with Crippen LogP contribution in [-0.4, -0.2) is 15.5 Å². The van der Waals surface area contributed by atoms with Gasteiger partial charge in [-0.3, -0.25) is 0 Å². The van der Waals surface area contributed by atoms with Crippen LogP contribution in [0.1, 0.15) is 12.5 Å². The van der Waals surface area contributed by atoms with Crippen molar-refractivity contribution < 1.29 is 0 Å². The fourth-order valence-corrected chi connectivity index (χ4v) is 2.80. The van der Waals surface area contributed by atoms with Gasteiger partial charge in [0.15, 0.2) is 0 Å². The third-order valence-electron chi connectivity index (χ3n) is 2.46. The van der Waals surface area contributed by atoms with E-state index in [-0.39, 0.29) is 0 Å². The van der Waals surface area contributed by atoms with E-state index in [0.29, 0.717) is 5.82 Å². The Morgan fingerprint density at radius 1 is 1.47 bits per heavy atom. The average Bonchev–Trinajstić information content (AvgIpc) is 2.62. The first-order valence-corrected chi connectivity index (χ1v) is 7.14. The molecule has 90 valence electrons. The summed E-state index contributed by atoms with van der Waals surface area (Å²) in [6, 6.07) is 6.07. The lowest BCUT2D eigenvalue weighted by Crippen LogP contribution is -2.03. The molecule has 0 aliphatic heterocycles. The summed E-state index contributed by atoms with van der Waals surface area (Å²) in [7, 11) is 0. The van der Waals surface area contributed by atoms with Gasteiger partial charge in [-0.1, -0.05) is 22.9 Å². The number of thioether (sulfide) groups is 1. The maximum absolute atomic E-state index is 6.10. The van der Waals surface area contributed by atoms with Gasteiger partial charge in [-0.2, -0.15) is 5.10 Å². The molecule has 0 aliphatic carbocycles. The molecule has 0 aliphatic rings. The first-order chi connectivity index (χ1) is 8.13. The molecule has 0 amide bonds. The summed E-state index contributed by atoms with van der Waals surface area (Å²) in [6.07, 6.45) is 1.82. The molecule has 1 aromatic heterocycles. The summed E-state index contributed by atoms with van der Waals surface area (Å²) < 4.78 is 2.85. The highest BCUT2D eigenvalue weighted by Crippen LogP contribution is 2.28. The van der Waals surface area contributed by atoms with Crippen LogP contribution < -0.4 is 5.73 Å². The van der Waals surface area contributed by atoms with Crippen LogP contribution in [0.25, 0.3) is 5.69 Å². The van der Waals surface area contributed by atoms with E-state index in [1.807, 2.05) is 25.3 Å². The molecule has 0 saturated carbocycles. The molecule has 5 heteroatoms. The van der Waals surface area contributed by atoms with Crippen molar-refractivity contribution in [2.24, 2.45) is 0 Å². The van der Waals surface area contributed by atoms with E-state index in [0.717, 1.165) is 26.4 Å². The fourth-order valence-electron chi connectivity index (χ4n) is 1.66. The summed E-state index contributed by atoms with van der Waals surface area (Å²) in [5.41, 5.74) is 8.26. The lowest BCUT2D eigenvalue weighted by Gasteiger charge is -2.08. The number of nitrogens with zero attached hydrogens (tertiary/aromatic N) is 2. The predicted molar refractivity (Wildman–Crippen MR) is 76.8 cm³/mol. The number of hydrogen-bond acceptors (Lipinski definition) is 3. The van der Waals surface area contributed by atoms with Crippen LogP contribution in [0.5, 0.6) is 0 Å². The van der Waals surface area contributed by atoms with Gasteiger partial charge in [-0.05, 0) is 36.4 Å². The quantitative estimate of drug-likeness (QED) is 0.880. The van der Waals surface area contributed by atoms with Gasteiger partial charge in [0.05, 0.1) is 16.8 Å². The third-order valence-corrected chi connectivity index (χ3v) is 3.87.